The molecule has 2 fully saturated rings. The molecule has 5 rings (SSSR count). The van der Waals surface area contributed by atoms with Gasteiger partial charge in [-0.3, -0.25) is 4.79 Å². The zero-order chi connectivity index (χ0) is 23.3. The highest BCUT2D eigenvalue weighted by Gasteiger charge is 2.17. The number of carbonyl (C=O) groups is 1. The summed E-state index contributed by atoms with van der Waals surface area (Å²) in [5, 5.41) is 7.69. The quantitative estimate of drug-likeness (QED) is 0.502. The molecule has 2 N–H and O–H groups in total. The summed E-state index contributed by atoms with van der Waals surface area (Å²) < 4.78 is 18.9. The molecule has 2 saturated heterocycles. The van der Waals surface area contributed by atoms with Crippen LogP contribution in [0.5, 0.6) is 5.75 Å². The van der Waals surface area contributed by atoms with E-state index in [1.54, 1.807) is 12.1 Å². The number of fused-ring (bicyclic) bond motifs is 1. The third kappa shape index (κ3) is 5.43. The lowest BCUT2D eigenvalue weighted by atomic mass is 10.1. The van der Waals surface area contributed by atoms with E-state index in [0.29, 0.717) is 24.0 Å². The number of nitrogens with zero attached hydrogens (tertiary/aromatic N) is 1. The van der Waals surface area contributed by atoms with Crippen molar-refractivity contribution in [3.63, 3.8) is 0 Å². The van der Waals surface area contributed by atoms with Crippen molar-refractivity contribution < 1.29 is 19.0 Å². The minimum atomic E-state index is -0.133. The summed E-state index contributed by atoms with van der Waals surface area (Å²) in [6, 6.07) is 15.5. The molecule has 0 bridgehead atoms. The molecule has 3 heterocycles. The standard InChI is InChI=1S/C27H33N3O4/c1-30-24(15-28-14-19-8-10-32-16-19)13-22-12-23(4-7-26(22)30)29-27(31)21-2-5-25(6-3-21)34-18-20-9-11-33-17-20/h2-7,12-13,19-20,28H,8-11,14-18H2,1H3,(H,29,31). The maximum absolute atomic E-state index is 12.8. The fourth-order valence-electron chi connectivity index (χ4n) is 4.64. The first-order valence-corrected chi connectivity index (χ1v) is 12.1. The van der Waals surface area contributed by atoms with Crippen molar-refractivity contribution >= 4 is 22.5 Å². The Balaban J connectivity index is 1.17. The van der Waals surface area contributed by atoms with Crippen LogP contribution in [0.2, 0.25) is 0 Å². The Bertz CT molecular complexity index is 1110. The number of carbonyl (C=O) groups excluding carboxylic acids is 1. The van der Waals surface area contributed by atoms with Gasteiger partial charge in [-0.15, -0.1) is 0 Å². The van der Waals surface area contributed by atoms with Crippen molar-refractivity contribution in [3.05, 3.63) is 59.8 Å². The predicted molar refractivity (Wildman–Crippen MR) is 132 cm³/mol. The molecule has 0 saturated carbocycles. The lowest BCUT2D eigenvalue weighted by Gasteiger charge is -2.11. The highest BCUT2D eigenvalue weighted by atomic mass is 16.5. The Hall–Kier alpha value is -2.87. The maximum atomic E-state index is 12.8. The van der Waals surface area contributed by atoms with Gasteiger partial charge in [-0.25, -0.2) is 0 Å². The zero-order valence-corrected chi connectivity index (χ0v) is 19.7. The van der Waals surface area contributed by atoms with Crippen molar-refractivity contribution in [1.29, 1.82) is 0 Å². The van der Waals surface area contributed by atoms with Crippen LogP contribution in [0.1, 0.15) is 28.9 Å². The van der Waals surface area contributed by atoms with E-state index in [2.05, 4.69) is 34.4 Å². The number of aryl methyl sites for hydroxylation is 1. The number of anilines is 1. The summed E-state index contributed by atoms with van der Waals surface area (Å²) in [6.07, 6.45) is 2.18. The topological polar surface area (TPSA) is 73.8 Å². The molecular weight excluding hydrogens is 430 g/mol. The molecule has 3 aromatic rings. The summed E-state index contributed by atoms with van der Waals surface area (Å²) in [4.78, 5) is 12.8. The monoisotopic (exact) mass is 463 g/mol. The highest BCUT2D eigenvalue weighted by molar-refractivity contribution is 6.05. The van der Waals surface area contributed by atoms with E-state index < -0.39 is 0 Å². The number of amides is 1. The molecule has 7 nitrogen and oxygen atoms in total. The van der Waals surface area contributed by atoms with Gasteiger partial charge in [-0.1, -0.05) is 0 Å². The number of aromatic nitrogens is 1. The second-order valence-corrected chi connectivity index (χ2v) is 9.35. The van der Waals surface area contributed by atoms with E-state index in [0.717, 1.165) is 74.7 Å². The molecular formula is C27H33N3O4. The van der Waals surface area contributed by atoms with Crippen LogP contribution in [-0.4, -0.2) is 50.1 Å². The summed E-state index contributed by atoms with van der Waals surface area (Å²) in [7, 11) is 2.08. The Morgan fingerprint density at radius 1 is 1.03 bits per heavy atom. The lowest BCUT2D eigenvalue weighted by Crippen LogP contribution is -2.23. The SMILES string of the molecule is Cn1c(CNCC2CCOC2)cc2cc(NC(=O)c3ccc(OCC4CCOC4)cc3)ccc21. The summed E-state index contributed by atoms with van der Waals surface area (Å²) >= 11 is 0. The molecule has 0 spiro atoms. The van der Waals surface area contributed by atoms with Crippen molar-refractivity contribution in [2.75, 3.05) is 44.9 Å². The van der Waals surface area contributed by atoms with Crippen LogP contribution in [0, 0.1) is 11.8 Å². The van der Waals surface area contributed by atoms with Crippen LogP contribution in [0.15, 0.2) is 48.5 Å². The minimum absolute atomic E-state index is 0.133. The predicted octanol–water partition coefficient (Wildman–Crippen LogP) is 3.97. The molecule has 2 aliphatic heterocycles. The highest BCUT2D eigenvalue weighted by Crippen LogP contribution is 2.24. The number of hydrogen-bond donors (Lipinski definition) is 2. The molecule has 2 aromatic carbocycles. The molecule has 2 atom stereocenters. The van der Waals surface area contributed by atoms with E-state index in [9.17, 15) is 4.79 Å². The number of benzene rings is 2. The second-order valence-electron chi connectivity index (χ2n) is 9.35. The van der Waals surface area contributed by atoms with E-state index >= 15 is 0 Å². The van der Waals surface area contributed by atoms with Gasteiger partial charge in [0.25, 0.3) is 5.91 Å². The molecule has 1 amide bonds. The minimum Gasteiger partial charge on any atom is -0.493 e. The fraction of sp³-hybridized carbons (Fsp3) is 0.444. The third-order valence-corrected chi connectivity index (χ3v) is 6.79. The largest absolute Gasteiger partial charge is 0.493 e. The molecule has 0 radical (unpaired) electrons. The molecule has 2 unspecified atom stereocenters. The van der Waals surface area contributed by atoms with Gasteiger partial charge in [0.1, 0.15) is 5.75 Å². The summed E-state index contributed by atoms with van der Waals surface area (Å²) in [5.41, 5.74) is 3.75. The van der Waals surface area contributed by atoms with Gasteiger partial charge in [0.05, 0.1) is 19.8 Å². The zero-order valence-electron chi connectivity index (χ0n) is 19.7. The lowest BCUT2D eigenvalue weighted by molar-refractivity contribution is 0.102. The summed E-state index contributed by atoms with van der Waals surface area (Å²) in [6.45, 7) is 5.75. The fourth-order valence-corrected chi connectivity index (χ4v) is 4.64. The van der Waals surface area contributed by atoms with Gasteiger partial charge in [0.15, 0.2) is 0 Å². The van der Waals surface area contributed by atoms with Gasteiger partial charge in [0.2, 0.25) is 0 Å². The molecule has 1 aromatic heterocycles. The molecule has 180 valence electrons. The maximum Gasteiger partial charge on any atom is 0.255 e. The van der Waals surface area contributed by atoms with Crippen molar-refractivity contribution in [2.24, 2.45) is 18.9 Å². The Kier molecular flexibility index (Phi) is 7.13. The summed E-state index contributed by atoms with van der Waals surface area (Å²) in [5.74, 6) is 1.70. The Morgan fingerprint density at radius 3 is 2.53 bits per heavy atom. The van der Waals surface area contributed by atoms with Crippen molar-refractivity contribution in [1.82, 2.24) is 9.88 Å². The van der Waals surface area contributed by atoms with Gasteiger partial charge in [0, 0.05) is 67.1 Å². The van der Waals surface area contributed by atoms with E-state index in [1.165, 1.54) is 5.69 Å². The Labute approximate surface area is 200 Å². The molecule has 0 aliphatic carbocycles. The molecule has 7 heteroatoms. The van der Waals surface area contributed by atoms with Crippen LogP contribution in [-0.2, 0) is 23.1 Å². The molecule has 34 heavy (non-hydrogen) atoms. The van der Waals surface area contributed by atoms with Crippen LogP contribution < -0.4 is 15.4 Å². The van der Waals surface area contributed by atoms with Crippen LogP contribution >= 0.6 is 0 Å². The van der Waals surface area contributed by atoms with E-state index in [1.807, 2.05) is 24.3 Å². The van der Waals surface area contributed by atoms with Crippen molar-refractivity contribution in [2.45, 2.75) is 19.4 Å². The first-order chi connectivity index (χ1) is 16.7. The first kappa shape index (κ1) is 22.9. The van der Waals surface area contributed by atoms with Gasteiger partial charge >= 0.3 is 0 Å². The molecule has 2 aliphatic rings. The van der Waals surface area contributed by atoms with Gasteiger partial charge in [-0.2, -0.15) is 0 Å². The van der Waals surface area contributed by atoms with Crippen molar-refractivity contribution in [3.8, 4) is 5.75 Å². The first-order valence-electron chi connectivity index (χ1n) is 12.1. The van der Waals surface area contributed by atoms with Gasteiger partial charge in [-0.05, 0) is 67.3 Å². The van der Waals surface area contributed by atoms with Crippen LogP contribution in [0.4, 0.5) is 5.69 Å². The Morgan fingerprint density at radius 2 is 1.79 bits per heavy atom. The third-order valence-electron chi connectivity index (χ3n) is 6.79. The normalized spacial score (nSPS) is 20.1. The smallest absolute Gasteiger partial charge is 0.255 e. The van der Waals surface area contributed by atoms with E-state index in [-0.39, 0.29) is 5.91 Å². The average Bonchev–Trinajstić information content (AvgIpc) is 3.61. The van der Waals surface area contributed by atoms with E-state index in [4.69, 9.17) is 14.2 Å². The average molecular weight is 464 g/mol. The van der Waals surface area contributed by atoms with Gasteiger partial charge < -0.3 is 29.4 Å². The number of rotatable bonds is 9. The number of nitrogens with one attached hydrogen (secondary N) is 2. The second kappa shape index (κ2) is 10.6. The number of ether oxygens (including phenoxy) is 3. The number of hydrogen-bond acceptors (Lipinski definition) is 5. The van der Waals surface area contributed by atoms with Crippen LogP contribution in [0.25, 0.3) is 10.9 Å². The van der Waals surface area contributed by atoms with Crippen LogP contribution in [0.3, 0.4) is 0 Å².